The molecule has 0 unspecified atom stereocenters. The molecule has 0 aromatic heterocycles. The van der Waals surface area contributed by atoms with Crippen molar-refractivity contribution in [2.24, 2.45) is 5.73 Å². The first-order valence-corrected chi connectivity index (χ1v) is 6.44. The van der Waals surface area contributed by atoms with Gasteiger partial charge in [-0.3, -0.25) is 0 Å². The highest BCUT2D eigenvalue weighted by molar-refractivity contribution is 9.10. The summed E-state index contributed by atoms with van der Waals surface area (Å²) in [6.07, 6.45) is 0. The number of rotatable bonds is 4. The maximum absolute atomic E-state index is 9.82. The van der Waals surface area contributed by atoms with Crippen molar-refractivity contribution in [3.63, 3.8) is 0 Å². The molecule has 17 heavy (non-hydrogen) atoms. The number of hydrogen-bond donors (Lipinski definition) is 2. The van der Waals surface area contributed by atoms with Crippen LogP contribution in [-0.4, -0.2) is 29.3 Å². The summed E-state index contributed by atoms with van der Waals surface area (Å²) < 4.78 is 0.931. The molecule has 1 aromatic rings. The number of anilines is 1. The normalized spacial score (nSPS) is 11.4. The fraction of sp³-hybridized carbons (Fsp3) is 0.417. The van der Waals surface area contributed by atoms with Gasteiger partial charge in [-0.1, -0.05) is 28.1 Å². The molecular weight excluding hydrogens is 300 g/mol. The zero-order chi connectivity index (χ0) is 13.2. The minimum atomic E-state index is -0.769. The number of nitrogens with two attached hydrogens (primary N) is 1. The fourth-order valence-electron chi connectivity index (χ4n) is 1.70. The molecule has 1 rings (SSSR count). The topological polar surface area (TPSA) is 49.5 Å². The zero-order valence-corrected chi connectivity index (χ0v) is 12.6. The highest BCUT2D eigenvalue weighted by atomic mass is 79.9. The summed E-state index contributed by atoms with van der Waals surface area (Å²) in [6.45, 7) is 4.04. The average Bonchev–Trinajstić information content (AvgIpc) is 2.14. The van der Waals surface area contributed by atoms with Crippen LogP contribution in [0.2, 0.25) is 0 Å². The third-order valence-corrected chi connectivity index (χ3v) is 2.97. The van der Waals surface area contributed by atoms with E-state index in [9.17, 15) is 5.11 Å². The van der Waals surface area contributed by atoms with E-state index in [1.807, 2.05) is 30.1 Å². The molecule has 0 heterocycles. The molecule has 0 atom stereocenters. The van der Waals surface area contributed by atoms with E-state index in [2.05, 4.69) is 15.9 Å². The number of likely N-dealkylation sites (N-methyl/N-ethyl adjacent to an activating group) is 1. The Morgan fingerprint density at radius 3 is 2.59 bits per heavy atom. The molecule has 0 amide bonds. The fourth-order valence-corrected chi connectivity index (χ4v) is 2.23. The third kappa shape index (κ3) is 4.26. The molecule has 0 saturated carbocycles. The van der Waals surface area contributed by atoms with Crippen LogP contribution in [0.15, 0.2) is 22.7 Å². The SMILES string of the molecule is CN(CC(C)(C)O)c1ccc(Br)cc1C(N)=S. The van der Waals surface area contributed by atoms with Gasteiger partial charge in [-0.2, -0.15) is 0 Å². The van der Waals surface area contributed by atoms with Crippen LogP contribution < -0.4 is 10.6 Å². The van der Waals surface area contributed by atoms with Crippen molar-refractivity contribution in [2.45, 2.75) is 19.4 Å². The quantitative estimate of drug-likeness (QED) is 0.837. The highest BCUT2D eigenvalue weighted by Crippen LogP contribution is 2.25. The van der Waals surface area contributed by atoms with Crippen molar-refractivity contribution in [3.05, 3.63) is 28.2 Å². The standard InChI is InChI=1S/C12H17BrN2OS/c1-12(2,16)7-15(3)10-5-4-8(13)6-9(10)11(14)17/h4-6,16H,7H2,1-3H3,(H2,14,17). The van der Waals surface area contributed by atoms with Crippen molar-refractivity contribution in [1.29, 1.82) is 0 Å². The van der Waals surface area contributed by atoms with E-state index in [1.165, 1.54) is 0 Å². The van der Waals surface area contributed by atoms with Gasteiger partial charge in [0.15, 0.2) is 0 Å². The van der Waals surface area contributed by atoms with Crippen molar-refractivity contribution < 1.29 is 5.11 Å². The Kier molecular flexibility index (Phi) is 4.52. The van der Waals surface area contributed by atoms with Crippen LogP contribution in [0.5, 0.6) is 0 Å². The van der Waals surface area contributed by atoms with Crippen molar-refractivity contribution >= 4 is 38.8 Å². The minimum absolute atomic E-state index is 0.351. The lowest BCUT2D eigenvalue weighted by molar-refractivity contribution is 0.0886. The summed E-state index contributed by atoms with van der Waals surface area (Å²) in [5, 5.41) is 9.82. The van der Waals surface area contributed by atoms with Gasteiger partial charge in [-0.25, -0.2) is 0 Å². The molecule has 0 saturated heterocycles. The van der Waals surface area contributed by atoms with Crippen LogP contribution in [0.25, 0.3) is 0 Å². The van der Waals surface area contributed by atoms with Crippen LogP contribution in [0.3, 0.4) is 0 Å². The Morgan fingerprint density at radius 1 is 1.53 bits per heavy atom. The molecule has 0 aliphatic heterocycles. The maximum atomic E-state index is 9.82. The summed E-state index contributed by atoms with van der Waals surface area (Å²) in [4.78, 5) is 2.30. The van der Waals surface area contributed by atoms with Crippen LogP contribution in [0.1, 0.15) is 19.4 Å². The van der Waals surface area contributed by atoms with Gasteiger partial charge in [-0.05, 0) is 32.0 Å². The van der Waals surface area contributed by atoms with Gasteiger partial charge in [0.1, 0.15) is 4.99 Å². The predicted molar refractivity (Wildman–Crippen MR) is 79.6 cm³/mol. The molecule has 3 nitrogen and oxygen atoms in total. The van der Waals surface area contributed by atoms with Gasteiger partial charge >= 0.3 is 0 Å². The molecule has 0 bridgehead atoms. The van der Waals surface area contributed by atoms with Gasteiger partial charge in [0.2, 0.25) is 0 Å². The van der Waals surface area contributed by atoms with Gasteiger partial charge < -0.3 is 15.7 Å². The van der Waals surface area contributed by atoms with E-state index in [1.54, 1.807) is 13.8 Å². The maximum Gasteiger partial charge on any atom is 0.106 e. The predicted octanol–water partition coefficient (Wildman–Crippen LogP) is 2.29. The summed E-state index contributed by atoms with van der Waals surface area (Å²) in [5.41, 5.74) is 6.66. The van der Waals surface area contributed by atoms with Crippen LogP contribution >= 0.6 is 28.1 Å². The monoisotopic (exact) mass is 316 g/mol. The van der Waals surface area contributed by atoms with Gasteiger partial charge in [0, 0.05) is 29.3 Å². The Balaban J connectivity index is 3.09. The van der Waals surface area contributed by atoms with E-state index in [0.717, 1.165) is 15.7 Å². The highest BCUT2D eigenvalue weighted by Gasteiger charge is 2.18. The molecule has 0 aliphatic carbocycles. The summed E-state index contributed by atoms with van der Waals surface area (Å²) in [5.74, 6) is 0. The number of nitrogens with zero attached hydrogens (tertiary/aromatic N) is 1. The second-order valence-electron chi connectivity index (χ2n) is 4.69. The van der Waals surface area contributed by atoms with E-state index in [0.29, 0.717) is 11.5 Å². The molecule has 1 aromatic carbocycles. The molecule has 0 spiro atoms. The third-order valence-electron chi connectivity index (χ3n) is 2.26. The van der Waals surface area contributed by atoms with E-state index >= 15 is 0 Å². The summed E-state index contributed by atoms with van der Waals surface area (Å²) in [6, 6.07) is 5.75. The lowest BCUT2D eigenvalue weighted by Gasteiger charge is -2.28. The summed E-state index contributed by atoms with van der Waals surface area (Å²) in [7, 11) is 1.91. The number of halogens is 1. The number of hydrogen-bond acceptors (Lipinski definition) is 3. The van der Waals surface area contributed by atoms with Crippen LogP contribution in [0.4, 0.5) is 5.69 Å². The summed E-state index contributed by atoms with van der Waals surface area (Å²) >= 11 is 8.43. The second-order valence-corrected chi connectivity index (χ2v) is 6.05. The first kappa shape index (κ1) is 14.4. The molecule has 0 fully saturated rings. The Bertz CT molecular complexity index is 429. The smallest absolute Gasteiger partial charge is 0.106 e. The van der Waals surface area contributed by atoms with Gasteiger partial charge in [0.25, 0.3) is 0 Å². The van der Waals surface area contributed by atoms with E-state index < -0.39 is 5.60 Å². The largest absolute Gasteiger partial charge is 0.389 e. The number of benzene rings is 1. The van der Waals surface area contributed by atoms with Crippen molar-refractivity contribution in [3.8, 4) is 0 Å². The molecule has 0 radical (unpaired) electrons. The van der Waals surface area contributed by atoms with E-state index in [-0.39, 0.29) is 0 Å². The molecular formula is C12H17BrN2OS. The lowest BCUT2D eigenvalue weighted by Crippen LogP contribution is -2.37. The molecule has 5 heteroatoms. The first-order chi connectivity index (χ1) is 7.70. The second kappa shape index (κ2) is 5.33. The number of thiocarbonyl (C=S) groups is 1. The molecule has 94 valence electrons. The van der Waals surface area contributed by atoms with Crippen LogP contribution in [0, 0.1) is 0 Å². The van der Waals surface area contributed by atoms with Crippen molar-refractivity contribution in [1.82, 2.24) is 0 Å². The van der Waals surface area contributed by atoms with Crippen molar-refractivity contribution in [2.75, 3.05) is 18.5 Å². The Hall–Kier alpha value is -0.650. The van der Waals surface area contributed by atoms with Gasteiger partial charge in [-0.15, -0.1) is 0 Å². The number of aliphatic hydroxyl groups is 1. The van der Waals surface area contributed by atoms with Gasteiger partial charge in [0.05, 0.1) is 5.60 Å². The minimum Gasteiger partial charge on any atom is -0.389 e. The lowest BCUT2D eigenvalue weighted by atomic mass is 10.1. The first-order valence-electron chi connectivity index (χ1n) is 5.23. The molecule has 0 aliphatic rings. The van der Waals surface area contributed by atoms with Crippen LogP contribution in [-0.2, 0) is 0 Å². The van der Waals surface area contributed by atoms with E-state index in [4.69, 9.17) is 18.0 Å². The zero-order valence-electron chi connectivity index (χ0n) is 10.2. The molecule has 3 N–H and O–H groups in total. The average molecular weight is 317 g/mol. The Morgan fingerprint density at radius 2 is 2.12 bits per heavy atom. The Labute approximate surface area is 116 Å².